The van der Waals surface area contributed by atoms with Gasteiger partial charge in [0, 0.05) is 22.8 Å². The van der Waals surface area contributed by atoms with Gasteiger partial charge < -0.3 is 0 Å². The fourth-order valence-corrected chi connectivity index (χ4v) is 2.18. The van der Waals surface area contributed by atoms with E-state index in [1.807, 2.05) is 31.3 Å². The molecule has 0 aromatic carbocycles. The molecule has 0 atom stereocenters. The molecule has 0 unspecified atom stereocenters. The third-order valence-electron chi connectivity index (χ3n) is 2.05. The van der Waals surface area contributed by atoms with E-state index in [1.54, 1.807) is 6.20 Å². The van der Waals surface area contributed by atoms with Gasteiger partial charge in [-0.15, -0.1) is 11.3 Å². The summed E-state index contributed by atoms with van der Waals surface area (Å²) >= 11 is 1.49. The van der Waals surface area contributed by atoms with Gasteiger partial charge in [-0.2, -0.15) is 0 Å². The Balaban J connectivity index is 2.49. The van der Waals surface area contributed by atoms with Crippen molar-refractivity contribution in [3.63, 3.8) is 0 Å². The number of hydrogen-bond acceptors (Lipinski definition) is 3. The molecule has 0 radical (unpaired) electrons. The van der Waals surface area contributed by atoms with Gasteiger partial charge in [0.15, 0.2) is 6.29 Å². The molecule has 0 fully saturated rings. The van der Waals surface area contributed by atoms with Crippen LogP contribution in [0.5, 0.6) is 0 Å². The van der Waals surface area contributed by atoms with Gasteiger partial charge in [-0.05, 0) is 30.7 Å². The van der Waals surface area contributed by atoms with Crippen molar-refractivity contribution in [3.8, 4) is 10.4 Å². The monoisotopic (exact) mass is 203 g/mol. The molecule has 0 saturated carbocycles. The minimum atomic E-state index is 0.753. The predicted octanol–water partition coefficient (Wildman–Crippen LogP) is 2.93. The van der Waals surface area contributed by atoms with Crippen LogP contribution in [0.2, 0.25) is 0 Å². The van der Waals surface area contributed by atoms with E-state index in [-0.39, 0.29) is 0 Å². The highest BCUT2D eigenvalue weighted by Crippen LogP contribution is 2.28. The first-order valence-corrected chi connectivity index (χ1v) is 5.09. The van der Waals surface area contributed by atoms with Crippen molar-refractivity contribution in [2.75, 3.05) is 0 Å². The zero-order chi connectivity index (χ0) is 9.97. The van der Waals surface area contributed by atoms with E-state index in [4.69, 9.17) is 0 Å². The Kier molecular flexibility index (Phi) is 2.41. The van der Waals surface area contributed by atoms with Gasteiger partial charge in [0.05, 0.1) is 4.88 Å². The molecular weight excluding hydrogens is 194 g/mol. The summed E-state index contributed by atoms with van der Waals surface area (Å²) in [5, 5.41) is 0. The molecule has 3 heteroatoms. The van der Waals surface area contributed by atoms with Crippen LogP contribution in [-0.4, -0.2) is 11.3 Å². The molecule has 0 N–H and O–H groups in total. The highest BCUT2D eigenvalue weighted by Gasteiger charge is 2.04. The number of thiophene rings is 1. The molecule has 70 valence electrons. The second-order valence-corrected chi connectivity index (χ2v) is 4.13. The van der Waals surface area contributed by atoms with Crippen LogP contribution in [0.15, 0.2) is 30.6 Å². The van der Waals surface area contributed by atoms with Crippen LogP contribution in [0.4, 0.5) is 0 Å². The smallest absolute Gasteiger partial charge is 0.160 e. The molecule has 0 aliphatic heterocycles. The number of rotatable bonds is 2. The fraction of sp³-hybridized carbons (Fsp3) is 0.0909. The molecular formula is C11H9NOS. The number of aldehydes is 1. The number of aryl methyl sites for hydroxylation is 1. The average Bonchev–Trinajstić information content (AvgIpc) is 2.67. The summed E-state index contributed by atoms with van der Waals surface area (Å²) in [6, 6.07) is 5.76. The van der Waals surface area contributed by atoms with E-state index in [9.17, 15) is 4.79 Å². The second-order valence-electron chi connectivity index (χ2n) is 3.01. The fourth-order valence-electron chi connectivity index (χ4n) is 1.28. The lowest BCUT2D eigenvalue weighted by Crippen LogP contribution is -1.80. The number of carbonyl (C=O) groups is 1. The lowest BCUT2D eigenvalue weighted by Gasteiger charge is -1.99. The van der Waals surface area contributed by atoms with Crippen LogP contribution in [-0.2, 0) is 0 Å². The number of nitrogens with zero attached hydrogens (tertiary/aromatic N) is 1. The number of carbonyl (C=O) groups excluding carboxylic acids is 1. The first-order chi connectivity index (χ1) is 6.81. The Morgan fingerprint density at radius 3 is 2.86 bits per heavy atom. The van der Waals surface area contributed by atoms with Crippen molar-refractivity contribution >= 4 is 17.6 Å². The quantitative estimate of drug-likeness (QED) is 0.702. The van der Waals surface area contributed by atoms with Crippen molar-refractivity contribution in [1.29, 1.82) is 0 Å². The van der Waals surface area contributed by atoms with Gasteiger partial charge in [-0.3, -0.25) is 9.78 Å². The summed E-state index contributed by atoms with van der Waals surface area (Å²) in [6.45, 7) is 2.04. The first-order valence-electron chi connectivity index (χ1n) is 4.27. The Bertz CT molecular complexity index is 462. The van der Waals surface area contributed by atoms with Crippen LogP contribution in [0.1, 0.15) is 15.2 Å². The van der Waals surface area contributed by atoms with E-state index in [0.717, 1.165) is 21.6 Å². The van der Waals surface area contributed by atoms with Crippen LogP contribution >= 0.6 is 11.3 Å². The molecule has 0 spiro atoms. The summed E-state index contributed by atoms with van der Waals surface area (Å²) in [6.07, 6.45) is 4.47. The zero-order valence-corrected chi connectivity index (χ0v) is 8.54. The molecule has 0 bridgehead atoms. The molecule has 0 amide bonds. The molecule has 2 heterocycles. The van der Waals surface area contributed by atoms with Crippen molar-refractivity contribution < 1.29 is 4.79 Å². The molecule has 0 aliphatic carbocycles. The van der Waals surface area contributed by atoms with Gasteiger partial charge in [0.1, 0.15) is 0 Å². The van der Waals surface area contributed by atoms with Gasteiger partial charge >= 0.3 is 0 Å². The Morgan fingerprint density at radius 1 is 1.36 bits per heavy atom. The largest absolute Gasteiger partial charge is 0.297 e. The summed E-state index contributed by atoms with van der Waals surface area (Å²) < 4.78 is 0. The molecule has 0 saturated heterocycles. The normalized spacial score (nSPS) is 10.1. The number of aromatic nitrogens is 1. The van der Waals surface area contributed by atoms with Gasteiger partial charge in [0.2, 0.25) is 0 Å². The number of hydrogen-bond donors (Lipinski definition) is 0. The highest BCUT2D eigenvalue weighted by molar-refractivity contribution is 7.17. The lowest BCUT2D eigenvalue weighted by molar-refractivity contribution is 0.112. The first kappa shape index (κ1) is 9.09. The minimum absolute atomic E-state index is 0.753. The average molecular weight is 203 g/mol. The molecule has 14 heavy (non-hydrogen) atoms. The molecule has 2 rings (SSSR count). The van der Waals surface area contributed by atoms with E-state index >= 15 is 0 Å². The van der Waals surface area contributed by atoms with Crippen molar-refractivity contribution in [2.45, 2.75) is 6.92 Å². The van der Waals surface area contributed by atoms with Crippen LogP contribution in [0.3, 0.4) is 0 Å². The maximum absolute atomic E-state index is 10.5. The zero-order valence-electron chi connectivity index (χ0n) is 7.73. The SMILES string of the molecule is Cc1ccncc1-c1ccc(C=O)s1. The number of pyridine rings is 1. The summed E-state index contributed by atoms with van der Waals surface area (Å²) in [4.78, 5) is 16.5. The standard InChI is InChI=1S/C11H9NOS/c1-8-4-5-12-6-10(8)11-3-2-9(7-13)14-11/h2-7H,1H3. The summed E-state index contributed by atoms with van der Waals surface area (Å²) in [7, 11) is 0. The van der Waals surface area contributed by atoms with E-state index < -0.39 is 0 Å². The van der Waals surface area contributed by atoms with Gasteiger partial charge in [-0.25, -0.2) is 0 Å². The molecule has 2 aromatic rings. The van der Waals surface area contributed by atoms with Crippen LogP contribution in [0, 0.1) is 6.92 Å². The predicted molar refractivity (Wildman–Crippen MR) is 57.7 cm³/mol. The molecule has 2 nitrogen and oxygen atoms in total. The lowest BCUT2D eigenvalue weighted by atomic mass is 10.1. The Labute approximate surface area is 86.2 Å². The van der Waals surface area contributed by atoms with E-state index in [1.165, 1.54) is 16.9 Å². The van der Waals surface area contributed by atoms with Crippen molar-refractivity contribution in [3.05, 3.63) is 41.0 Å². The van der Waals surface area contributed by atoms with Crippen LogP contribution in [0.25, 0.3) is 10.4 Å². The maximum atomic E-state index is 10.5. The third-order valence-corrected chi connectivity index (χ3v) is 3.09. The second kappa shape index (κ2) is 3.72. The third kappa shape index (κ3) is 1.59. The van der Waals surface area contributed by atoms with Gasteiger partial charge in [0.25, 0.3) is 0 Å². The summed E-state index contributed by atoms with van der Waals surface area (Å²) in [5.74, 6) is 0. The van der Waals surface area contributed by atoms with E-state index in [0.29, 0.717) is 0 Å². The molecule has 2 aromatic heterocycles. The Morgan fingerprint density at radius 2 is 2.21 bits per heavy atom. The van der Waals surface area contributed by atoms with Crippen molar-refractivity contribution in [1.82, 2.24) is 4.98 Å². The van der Waals surface area contributed by atoms with E-state index in [2.05, 4.69) is 4.98 Å². The highest BCUT2D eigenvalue weighted by atomic mass is 32.1. The van der Waals surface area contributed by atoms with Crippen molar-refractivity contribution in [2.24, 2.45) is 0 Å². The molecule has 0 aliphatic rings. The van der Waals surface area contributed by atoms with Crippen LogP contribution < -0.4 is 0 Å². The maximum Gasteiger partial charge on any atom is 0.160 e. The topological polar surface area (TPSA) is 30.0 Å². The minimum Gasteiger partial charge on any atom is -0.297 e. The Hall–Kier alpha value is -1.48. The summed E-state index contributed by atoms with van der Waals surface area (Å²) in [5.41, 5.74) is 2.28. The van der Waals surface area contributed by atoms with Gasteiger partial charge in [-0.1, -0.05) is 0 Å².